The molecule has 0 unspecified atom stereocenters. The first-order valence-electron chi connectivity index (χ1n) is 9.49. The number of furan rings is 1. The third-order valence-electron chi connectivity index (χ3n) is 4.64. The molecule has 3 heterocycles. The minimum absolute atomic E-state index is 0.214. The molecule has 3 aromatic heterocycles. The fourth-order valence-electron chi connectivity index (χ4n) is 3.10. The number of carbonyl (C=O) groups excluding carboxylic acids is 1. The average molecular weight is 399 g/mol. The Hall–Kier alpha value is -4.00. The maximum Gasteiger partial charge on any atom is 0.259 e. The van der Waals surface area contributed by atoms with E-state index in [4.69, 9.17) is 4.42 Å². The lowest BCUT2D eigenvalue weighted by Crippen LogP contribution is -2.12. The number of hydrogen-bond acceptors (Lipinski definition) is 6. The summed E-state index contributed by atoms with van der Waals surface area (Å²) < 4.78 is 5.45. The van der Waals surface area contributed by atoms with E-state index in [-0.39, 0.29) is 5.91 Å². The summed E-state index contributed by atoms with van der Waals surface area (Å²) in [6, 6.07) is 13.0. The predicted octanol–water partition coefficient (Wildman–Crippen LogP) is 5.05. The van der Waals surface area contributed by atoms with Gasteiger partial charge in [-0.15, -0.1) is 0 Å². The summed E-state index contributed by atoms with van der Waals surface area (Å²) in [6.45, 7) is 5.57. The van der Waals surface area contributed by atoms with Gasteiger partial charge >= 0.3 is 0 Å². The Morgan fingerprint density at radius 3 is 2.63 bits per heavy atom. The fraction of sp³-hybridized carbons (Fsp3) is 0.130. The van der Waals surface area contributed by atoms with E-state index in [1.807, 2.05) is 50.2 Å². The highest BCUT2D eigenvalue weighted by atomic mass is 16.3. The van der Waals surface area contributed by atoms with E-state index < -0.39 is 0 Å². The summed E-state index contributed by atoms with van der Waals surface area (Å²) in [5.74, 6) is 1.55. The summed E-state index contributed by atoms with van der Waals surface area (Å²) in [4.78, 5) is 25.6. The number of anilines is 3. The molecular weight excluding hydrogens is 378 g/mol. The Kier molecular flexibility index (Phi) is 5.26. The first-order valence-corrected chi connectivity index (χ1v) is 9.49. The smallest absolute Gasteiger partial charge is 0.259 e. The van der Waals surface area contributed by atoms with Crippen LogP contribution in [-0.4, -0.2) is 20.9 Å². The second-order valence-electron chi connectivity index (χ2n) is 6.94. The highest BCUT2D eigenvalue weighted by Crippen LogP contribution is 2.25. The average Bonchev–Trinajstić information content (AvgIpc) is 3.09. The van der Waals surface area contributed by atoms with Crippen LogP contribution < -0.4 is 10.6 Å². The molecule has 4 rings (SSSR count). The molecule has 0 aliphatic rings. The monoisotopic (exact) mass is 399 g/mol. The Morgan fingerprint density at radius 1 is 1.03 bits per heavy atom. The van der Waals surface area contributed by atoms with E-state index in [9.17, 15) is 4.79 Å². The van der Waals surface area contributed by atoms with Gasteiger partial charge in [0.15, 0.2) is 0 Å². The van der Waals surface area contributed by atoms with Crippen LogP contribution in [0.1, 0.15) is 27.4 Å². The van der Waals surface area contributed by atoms with Crippen LogP contribution >= 0.6 is 0 Å². The van der Waals surface area contributed by atoms with Crippen LogP contribution in [0.3, 0.4) is 0 Å². The minimum atomic E-state index is -0.214. The molecule has 0 spiro atoms. The third-order valence-corrected chi connectivity index (χ3v) is 4.64. The molecule has 7 heteroatoms. The van der Waals surface area contributed by atoms with Crippen LogP contribution in [-0.2, 0) is 0 Å². The number of nitrogens with one attached hydrogen (secondary N) is 2. The summed E-state index contributed by atoms with van der Waals surface area (Å²) >= 11 is 0. The maximum atomic E-state index is 12.6. The zero-order chi connectivity index (χ0) is 21.1. The van der Waals surface area contributed by atoms with Gasteiger partial charge in [0.1, 0.15) is 11.5 Å². The quantitative estimate of drug-likeness (QED) is 0.488. The van der Waals surface area contributed by atoms with Crippen LogP contribution in [0.25, 0.3) is 11.3 Å². The van der Waals surface area contributed by atoms with Crippen LogP contribution in [0.4, 0.5) is 17.3 Å². The zero-order valence-electron chi connectivity index (χ0n) is 16.9. The molecule has 30 heavy (non-hydrogen) atoms. The standard InChI is InChI=1S/C23H21N5O2/c1-14-6-7-18(26-22(29)19-11-15(2)30-16(19)3)12-21(14)28-23-25-10-8-20(27-23)17-5-4-9-24-13-17/h4-13H,1-3H3,(H,26,29)(H,25,27,28). The van der Waals surface area contributed by atoms with E-state index in [0.717, 1.165) is 22.5 Å². The maximum absolute atomic E-state index is 12.6. The summed E-state index contributed by atoms with van der Waals surface area (Å²) in [5, 5.41) is 6.15. The van der Waals surface area contributed by atoms with Gasteiger partial charge in [-0.3, -0.25) is 9.78 Å². The molecule has 2 N–H and O–H groups in total. The second kappa shape index (κ2) is 8.16. The highest BCUT2D eigenvalue weighted by Gasteiger charge is 2.14. The molecule has 0 fully saturated rings. The molecule has 1 aromatic carbocycles. The predicted molar refractivity (Wildman–Crippen MR) is 116 cm³/mol. The van der Waals surface area contributed by atoms with Gasteiger partial charge in [0.25, 0.3) is 5.91 Å². The van der Waals surface area contributed by atoms with Gasteiger partial charge in [-0.25, -0.2) is 9.97 Å². The molecule has 0 bridgehead atoms. The number of aryl methyl sites for hydroxylation is 3. The molecule has 0 atom stereocenters. The van der Waals surface area contributed by atoms with Crippen molar-refractivity contribution < 1.29 is 9.21 Å². The molecule has 4 aromatic rings. The van der Waals surface area contributed by atoms with Crippen LogP contribution in [0.2, 0.25) is 0 Å². The number of aromatic nitrogens is 3. The number of amides is 1. The Labute approximate surface area is 174 Å². The number of carbonyl (C=O) groups is 1. The van der Waals surface area contributed by atoms with Gasteiger partial charge in [0, 0.05) is 35.5 Å². The number of benzene rings is 1. The van der Waals surface area contributed by atoms with Crippen molar-refractivity contribution in [3.8, 4) is 11.3 Å². The van der Waals surface area contributed by atoms with Gasteiger partial charge in [-0.1, -0.05) is 6.07 Å². The lowest BCUT2D eigenvalue weighted by molar-refractivity contribution is 0.102. The second-order valence-corrected chi connectivity index (χ2v) is 6.94. The van der Waals surface area contributed by atoms with Crippen LogP contribution in [0.15, 0.2) is 65.5 Å². The van der Waals surface area contributed by atoms with Crippen molar-refractivity contribution in [1.82, 2.24) is 15.0 Å². The molecule has 150 valence electrons. The van der Waals surface area contributed by atoms with Crippen molar-refractivity contribution in [3.63, 3.8) is 0 Å². The third kappa shape index (κ3) is 4.20. The van der Waals surface area contributed by atoms with Crippen molar-refractivity contribution in [2.24, 2.45) is 0 Å². The summed E-state index contributed by atoms with van der Waals surface area (Å²) in [7, 11) is 0. The topological polar surface area (TPSA) is 92.9 Å². The summed E-state index contributed by atoms with van der Waals surface area (Å²) in [5.41, 5.74) is 4.67. The molecule has 0 saturated heterocycles. The first kappa shape index (κ1) is 19.3. The molecule has 1 amide bonds. The highest BCUT2D eigenvalue weighted by molar-refractivity contribution is 6.05. The number of rotatable bonds is 5. The van der Waals surface area contributed by atoms with Gasteiger partial charge in [-0.2, -0.15) is 0 Å². The number of nitrogens with zero attached hydrogens (tertiary/aromatic N) is 3. The zero-order valence-corrected chi connectivity index (χ0v) is 16.9. The Balaban J connectivity index is 1.56. The van der Waals surface area contributed by atoms with E-state index in [2.05, 4.69) is 25.6 Å². The van der Waals surface area contributed by atoms with E-state index in [0.29, 0.717) is 28.7 Å². The van der Waals surface area contributed by atoms with Crippen molar-refractivity contribution in [3.05, 3.63) is 83.7 Å². The largest absolute Gasteiger partial charge is 0.466 e. The number of pyridine rings is 1. The van der Waals surface area contributed by atoms with Crippen molar-refractivity contribution in [1.29, 1.82) is 0 Å². The lowest BCUT2D eigenvalue weighted by atomic mass is 10.1. The van der Waals surface area contributed by atoms with E-state index in [1.54, 1.807) is 31.6 Å². The lowest BCUT2D eigenvalue weighted by Gasteiger charge is -2.12. The van der Waals surface area contributed by atoms with Gasteiger partial charge < -0.3 is 15.1 Å². The Bertz CT molecular complexity index is 1200. The molecule has 0 saturated carbocycles. The first-order chi connectivity index (χ1) is 14.5. The fourth-order valence-corrected chi connectivity index (χ4v) is 3.10. The van der Waals surface area contributed by atoms with E-state index >= 15 is 0 Å². The molecule has 0 aliphatic heterocycles. The van der Waals surface area contributed by atoms with Gasteiger partial charge in [-0.05, 0) is 62.7 Å². The van der Waals surface area contributed by atoms with Crippen molar-refractivity contribution in [2.75, 3.05) is 10.6 Å². The normalized spacial score (nSPS) is 10.6. The van der Waals surface area contributed by atoms with Crippen molar-refractivity contribution >= 4 is 23.2 Å². The molecule has 0 radical (unpaired) electrons. The van der Waals surface area contributed by atoms with E-state index in [1.165, 1.54) is 0 Å². The Morgan fingerprint density at radius 2 is 1.90 bits per heavy atom. The van der Waals surface area contributed by atoms with Gasteiger partial charge in [0.2, 0.25) is 5.95 Å². The summed E-state index contributed by atoms with van der Waals surface area (Å²) in [6.07, 6.45) is 5.18. The molecule has 7 nitrogen and oxygen atoms in total. The molecular formula is C23H21N5O2. The van der Waals surface area contributed by atoms with Crippen LogP contribution in [0, 0.1) is 20.8 Å². The molecule has 0 aliphatic carbocycles. The van der Waals surface area contributed by atoms with Crippen molar-refractivity contribution in [2.45, 2.75) is 20.8 Å². The minimum Gasteiger partial charge on any atom is -0.466 e. The van der Waals surface area contributed by atoms with Crippen LogP contribution in [0.5, 0.6) is 0 Å². The SMILES string of the molecule is Cc1cc(C(=O)Nc2ccc(C)c(Nc3nccc(-c4cccnc4)n3)c2)c(C)o1. The number of hydrogen-bond donors (Lipinski definition) is 2. The van der Waals surface area contributed by atoms with Gasteiger partial charge in [0.05, 0.1) is 11.3 Å².